The van der Waals surface area contributed by atoms with Crippen molar-refractivity contribution in [3.63, 3.8) is 0 Å². The molecule has 2 atom stereocenters. The Labute approximate surface area is 128 Å². The molecular weight excluding hydrogens is 292 g/mol. The van der Waals surface area contributed by atoms with E-state index in [1.807, 2.05) is 13.2 Å². The van der Waals surface area contributed by atoms with Gasteiger partial charge in [-0.05, 0) is 25.3 Å². The Bertz CT molecular complexity index is 492. The van der Waals surface area contributed by atoms with E-state index in [0.29, 0.717) is 0 Å². The average Bonchev–Trinajstić information content (AvgIpc) is 2.46. The van der Waals surface area contributed by atoms with Crippen molar-refractivity contribution in [2.75, 3.05) is 19.5 Å². The highest BCUT2D eigenvalue weighted by Crippen LogP contribution is 2.17. The molecule has 1 rings (SSSR count). The maximum Gasteiger partial charge on any atom is 0.258 e. The molecule has 0 spiro atoms. The zero-order valence-electron chi connectivity index (χ0n) is 12.0. The van der Waals surface area contributed by atoms with Crippen LogP contribution in [0.5, 0.6) is 5.75 Å². The molecule has 1 aromatic carbocycles. The van der Waals surface area contributed by atoms with Crippen molar-refractivity contribution in [1.29, 1.82) is 0 Å². The van der Waals surface area contributed by atoms with Crippen LogP contribution in [0.3, 0.4) is 0 Å². The minimum absolute atomic E-state index is 0.0199. The summed E-state index contributed by atoms with van der Waals surface area (Å²) in [7, 11) is 0. The fraction of sp³-hybridized carbons (Fsp3) is 0.429. The molecule has 1 aromatic rings. The lowest BCUT2D eigenvalue weighted by Gasteiger charge is -2.21. The summed E-state index contributed by atoms with van der Waals surface area (Å²) < 4.78 is 5.33. The van der Waals surface area contributed by atoms with Gasteiger partial charge in [-0.1, -0.05) is 12.1 Å². The summed E-state index contributed by atoms with van der Waals surface area (Å²) >= 11 is 1.47. The molecule has 0 aliphatic rings. The zero-order chi connectivity index (χ0) is 15.8. The number of nitrogens with two attached hydrogens (primary N) is 1. The van der Waals surface area contributed by atoms with Crippen molar-refractivity contribution in [2.24, 2.45) is 5.73 Å². The minimum Gasteiger partial charge on any atom is -0.483 e. The van der Waals surface area contributed by atoms with Gasteiger partial charge < -0.3 is 20.9 Å². The number of hydrogen-bond donors (Lipinski definition) is 3. The van der Waals surface area contributed by atoms with Gasteiger partial charge >= 0.3 is 0 Å². The number of para-hydroxylation sites is 1. The Morgan fingerprint density at radius 3 is 2.67 bits per heavy atom. The van der Waals surface area contributed by atoms with Gasteiger partial charge in [-0.15, -0.1) is 0 Å². The average molecular weight is 312 g/mol. The standard InChI is InChI=1S/C14H20N2O4S/c1-9(12(7-17)21-2)16-13(18)8-20-11-6-4-3-5-10(11)14(15)19/h3-6,9,12,17H,7-8H2,1-2H3,(H2,15,19)(H,16,18). The minimum atomic E-state index is -0.609. The highest BCUT2D eigenvalue weighted by molar-refractivity contribution is 7.99. The van der Waals surface area contributed by atoms with Gasteiger partial charge in [0.2, 0.25) is 0 Å². The van der Waals surface area contributed by atoms with Crippen LogP contribution in [0.2, 0.25) is 0 Å². The monoisotopic (exact) mass is 312 g/mol. The van der Waals surface area contributed by atoms with Crippen LogP contribution in [0.25, 0.3) is 0 Å². The number of ether oxygens (including phenoxy) is 1. The predicted molar refractivity (Wildman–Crippen MR) is 82.4 cm³/mol. The van der Waals surface area contributed by atoms with E-state index in [-0.39, 0.29) is 41.7 Å². The summed E-state index contributed by atoms with van der Waals surface area (Å²) in [5.41, 5.74) is 5.46. The first kappa shape index (κ1) is 17.3. The molecule has 116 valence electrons. The van der Waals surface area contributed by atoms with Crippen LogP contribution in [-0.2, 0) is 4.79 Å². The van der Waals surface area contributed by atoms with Gasteiger partial charge in [-0.3, -0.25) is 9.59 Å². The van der Waals surface area contributed by atoms with Crippen LogP contribution < -0.4 is 15.8 Å². The number of carbonyl (C=O) groups excluding carboxylic acids is 2. The zero-order valence-corrected chi connectivity index (χ0v) is 12.9. The van der Waals surface area contributed by atoms with Crippen molar-refractivity contribution >= 4 is 23.6 Å². The topological polar surface area (TPSA) is 102 Å². The number of benzene rings is 1. The van der Waals surface area contributed by atoms with Crippen molar-refractivity contribution in [3.05, 3.63) is 29.8 Å². The van der Waals surface area contributed by atoms with Gasteiger partial charge in [-0.2, -0.15) is 11.8 Å². The Morgan fingerprint density at radius 2 is 2.10 bits per heavy atom. The highest BCUT2D eigenvalue weighted by Gasteiger charge is 2.18. The fourth-order valence-corrected chi connectivity index (χ4v) is 2.39. The molecule has 0 saturated carbocycles. The maximum absolute atomic E-state index is 11.8. The number of aliphatic hydroxyl groups excluding tert-OH is 1. The highest BCUT2D eigenvalue weighted by atomic mass is 32.2. The number of aliphatic hydroxyl groups is 1. The maximum atomic E-state index is 11.8. The molecule has 0 radical (unpaired) electrons. The summed E-state index contributed by atoms with van der Waals surface area (Å²) in [5, 5.41) is 11.8. The van der Waals surface area contributed by atoms with E-state index in [0.717, 1.165) is 0 Å². The van der Waals surface area contributed by atoms with Gasteiger partial charge in [0.25, 0.3) is 11.8 Å². The Hall–Kier alpha value is -1.73. The summed E-state index contributed by atoms with van der Waals surface area (Å²) in [4.78, 5) is 23.0. The van der Waals surface area contributed by atoms with Gasteiger partial charge in [0, 0.05) is 11.3 Å². The lowest BCUT2D eigenvalue weighted by atomic mass is 10.2. The van der Waals surface area contributed by atoms with Crippen molar-refractivity contribution in [2.45, 2.75) is 18.2 Å². The molecule has 2 amide bonds. The summed E-state index contributed by atoms with van der Waals surface area (Å²) in [6.07, 6.45) is 1.86. The molecule has 7 heteroatoms. The predicted octanol–water partition coefficient (Wildman–Crippen LogP) is 0.393. The summed E-state index contributed by atoms with van der Waals surface area (Å²) in [6, 6.07) is 6.28. The molecule has 6 nitrogen and oxygen atoms in total. The van der Waals surface area contributed by atoms with Crippen LogP contribution in [0, 0.1) is 0 Å². The molecule has 0 aliphatic carbocycles. The SMILES string of the molecule is CSC(CO)C(C)NC(=O)COc1ccccc1C(N)=O. The molecule has 0 heterocycles. The third-order valence-corrected chi connectivity index (χ3v) is 4.10. The second-order valence-electron chi connectivity index (χ2n) is 4.46. The van der Waals surface area contributed by atoms with Gasteiger partial charge in [0.05, 0.1) is 12.2 Å². The van der Waals surface area contributed by atoms with Crippen LogP contribution in [0.1, 0.15) is 17.3 Å². The van der Waals surface area contributed by atoms with Crippen molar-refractivity contribution in [3.8, 4) is 5.75 Å². The summed E-state index contributed by atoms with van der Waals surface area (Å²) in [5.74, 6) is -0.659. The van der Waals surface area contributed by atoms with E-state index in [1.165, 1.54) is 17.8 Å². The number of carbonyl (C=O) groups is 2. The van der Waals surface area contributed by atoms with Crippen LogP contribution >= 0.6 is 11.8 Å². The lowest BCUT2D eigenvalue weighted by Crippen LogP contribution is -2.43. The first-order valence-electron chi connectivity index (χ1n) is 6.44. The molecule has 0 aromatic heterocycles. The number of amides is 2. The first-order valence-corrected chi connectivity index (χ1v) is 7.73. The van der Waals surface area contributed by atoms with E-state index in [4.69, 9.17) is 15.6 Å². The van der Waals surface area contributed by atoms with Crippen LogP contribution in [0.4, 0.5) is 0 Å². The van der Waals surface area contributed by atoms with Crippen molar-refractivity contribution in [1.82, 2.24) is 5.32 Å². The van der Waals surface area contributed by atoms with E-state index in [1.54, 1.807) is 18.2 Å². The largest absolute Gasteiger partial charge is 0.483 e. The van der Waals surface area contributed by atoms with E-state index in [9.17, 15) is 9.59 Å². The molecule has 21 heavy (non-hydrogen) atoms. The number of thioether (sulfide) groups is 1. The second kappa shape index (κ2) is 8.53. The van der Waals surface area contributed by atoms with E-state index >= 15 is 0 Å². The van der Waals surface area contributed by atoms with Crippen LogP contribution in [0.15, 0.2) is 24.3 Å². The van der Waals surface area contributed by atoms with Gasteiger partial charge in [0.1, 0.15) is 5.75 Å². The number of hydrogen-bond acceptors (Lipinski definition) is 5. The molecule has 0 saturated heterocycles. The fourth-order valence-electron chi connectivity index (χ4n) is 1.76. The molecule has 0 fully saturated rings. The van der Waals surface area contributed by atoms with E-state index < -0.39 is 5.91 Å². The second-order valence-corrected chi connectivity index (χ2v) is 5.54. The van der Waals surface area contributed by atoms with Gasteiger partial charge in [0.15, 0.2) is 6.61 Å². The normalized spacial score (nSPS) is 13.3. The van der Waals surface area contributed by atoms with Crippen LogP contribution in [-0.4, -0.2) is 47.7 Å². The Morgan fingerprint density at radius 1 is 1.43 bits per heavy atom. The van der Waals surface area contributed by atoms with Crippen molar-refractivity contribution < 1.29 is 19.4 Å². The Kier molecular flexibility index (Phi) is 7.04. The number of primary amides is 1. The lowest BCUT2D eigenvalue weighted by molar-refractivity contribution is -0.123. The molecule has 0 bridgehead atoms. The third-order valence-electron chi connectivity index (χ3n) is 2.94. The molecule has 0 aliphatic heterocycles. The smallest absolute Gasteiger partial charge is 0.258 e. The first-order chi connectivity index (χ1) is 9.99. The number of rotatable bonds is 8. The summed E-state index contributed by atoms with van der Waals surface area (Å²) in [6.45, 7) is 1.57. The Balaban J connectivity index is 2.56. The van der Waals surface area contributed by atoms with E-state index in [2.05, 4.69) is 5.32 Å². The quantitative estimate of drug-likeness (QED) is 0.644. The third kappa shape index (κ3) is 5.28. The molecule has 4 N–H and O–H groups in total. The molecular formula is C14H20N2O4S. The van der Waals surface area contributed by atoms with Gasteiger partial charge in [-0.25, -0.2) is 0 Å². The molecule has 2 unspecified atom stereocenters. The number of nitrogens with one attached hydrogen (secondary N) is 1.